The zero-order valence-electron chi connectivity index (χ0n) is 17.9. The molecule has 1 aliphatic heterocycles. The summed E-state index contributed by atoms with van der Waals surface area (Å²) in [4.78, 5) is 12.2. The van der Waals surface area contributed by atoms with Crippen molar-refractivity contribution in [3.8, 4) is 11.5 Å². The summed E-state index contributed by atoms with van der Waals surface area (Å²) in [5, 5.41) is 3.27. The highest BCUT2D eigenvalue weighted by atomic mass is 127. The van der Waals surface area contributed by atoms with E-state index in [0.717, 1.165) is 11.3 Å². The van der Waals surface area contributed by atoms with Gasteiger partial charge in [-0.25, -0.2) is 4.98 Å². The van der Waals surface area contributed by atoms with E-state index < -0.39 is 12.2 Å². The van der Waals surface area contributed by atoms with Gasteiger partial charge in [-0.05, 0) is 26.0 Å². The molecule has 0 saturated carbocycles. The first-order chi connectivity index (χ1) is 14.3. The molecule has 1 aromatic heterocycles. The summed E-state index contributed by atoms with van der Waals surface area (Å²) in [6, 6.07) is 6.55. The molecule has 0 radical (unpaired) electrons. The quantitative estimate of drug-likeness (QED) is 0.347. The van der Waals surface area contributed by atoms with Crippen LogP contribution in [0.3, 0.4) is 0 Å². The van der Waals surface area contributed by atoms with Crippen molar-refractivity contribution >= 4 is 29.9 Å². The minimum Gasteiger partial charge on any atom is -0.444 e. The van der Waals surface area contributed by atoms with Crippen molar-refractivity contribution in [1.82, 2.24) is 20.1 Å². The van der Waals surface area contributed by atoms with Gasteiger partial charge in [0.25, 0.3) is 0 Å². The van der Waals surface area contributed by atoms with E-state index >= 15 is 0 Å². The van der Waals surface area contributed by atoms with Crippen LogP contribution in [0.5, 0.6) is 0 Å². The SMILES string of the molecule is CN=C(NCCc1coc(-c2ccc(C)cc2)n1)N1CCN(C(C)C(F)(F)F)CC1.I. The standard InChI is InChI=1S/C21H28F3N5O.HI/c1-15-4-6-17(7-5-15)19-27-18(14-30-19)8-9-26-20(25-3)29-12-10-28(11-13-29)16(2)21(22,23)24;/h4-7,14,16H,8-13H2,1-3H3,(H,25,26);1H. The summed E-state index contributed by atoms with van der Waals surface area (Å²) in [7, 11) is 1.68. The van der Waals surface area contributed by atoms with Crippen LogP contribution in [-0.4, -0.2) is 72.7 Å². The maximum absolute atomic E-state index is 12.9. The molecule has 0 bridgehead atoms. The number of hydrogen-bond acceptors (Lipinski definition) is 4. The van der Waals surface area contributed by atoms with Crippen molar-refractivity contribution in [2.24, 2.45) is 4.99 Å². The molecule has 172 valence electrons. The minimum absolute atomic E-state index is 0. The Morgan fingerprint density at radius 2 is 1.84 bits per heavy atom. The van der Waals surface area contributed by atoms with Crippen LogP contribution in [0, 0.1) is 6.92 Å². The number of aliphatic imine (C=N–C) groups is 1. The van der Waals surface area contributed by atoms with Crippen LogP contribution in [0.4, 0.5) is 13.2 Å². The monoisotopic (exact) mass is 551 g/mol. The van der Waals surface area contributed by atoms with E-state index in [-0.39, 0.29) is 24.0 Å². The lowest BCUT2D eigenvalue weighted by atomic mass is 10.1. The lowest BCUT2D eigenvalue weighted by Crippen LogP contribution is -2.56. The molecule has 1 aromatic carbocycles. The highest BCUT2D eigenvalue weighted by Gasteiger charge is 2.41. The molecule has 1 unspecified atom stereocenters. The van der Waals surface area contributed by atoms with E-state index in [1.54, 1.807) is 13.3 Å². The van der Waals surface area contributed by atoms with Crippen LogP contribution in [0.15, 0.2) is 39.9 Å². The fourth-order valence-electron chi connectivity index (χ4n) is 3.41. The molecule has 2 heterocycles. The first-order valence-corrected chi connectivity index (χ1v) is 10.1. The number of halogens is 4. The zero-order valence-corrected chi connectivity index (χ0v) is 20.3. The molecule has 1 saturated heterocycles. The van der Waals surface area contributed by atoms with Crippen molar-refractivity contribution in [3.05, 3.63) is 41.8 Å². The van der Waals surface area contributed by atoms with E-state index in [1.807, 2.05) is 36.1 Å². The molecule has 0 spiro atoms. The molecule has 31 heavy (non-hydrogen) atoms. The number of oxazole rings is 1. The number of aromatic nitrogens is 1. The van der Waals surface area contributed by atoms with E-state index in [9.17, 15) is 13.2 Å². The number of guanidine groups is 1. The van der Waals surface area contributed by atoms with Crippen molar-refractivity contribution < 1.29 is 17.6 Å². The second kappa shape index (κ2) is 11.2. The summed E-state index contributed by atoms with van der Waals surface area (Å²) >= 11 is 0. The van der Waals surface area contributed by atoms with Gasteiger partial charge in [0.2, 0.25) is 5.89 Å². The van der Waals surface area contributed by atoms with Crippen LogP contribution in [0.25, 0.3) is 11.5 Å². The van der Waals surface area contributed by atoms with Crippen LogP contribution < -0.4 is 5.32 Å². The summed E-state index contributed by atoms with van der Waals surface area (Å²) in [5.74, 6) is 1.28. The normalized spacial score (nSPS) is 16.7. The Morgan fingerprint density at radius 1 is 1.19 bits per heavy atom. The first kappa shape index (κ1) is 25.4. The molecule has 1 atom stereocenters. The fraction of sp³-hybridized carbons (Fsp3) is 0.524. The van der Waals surface area contributed by atoms with Gasteiger partial charge >= 0.3 is 6.18 Å². The minimum atomic E-state index is -4.20. The average Bonchev–Trinajstić information content (AvgIpc) is 3.19. The predicted octanol–water partition coefficient (Wildman–Crippen LogP) is 3.95. The van der Waals surface area contributed by atoms with Gasteiger partial charge in [-0.15, -0.1) is 24.0 Å². The number of alkyl halides is 3. The first-order valence-electron chi connectivity index (χ1n) is 10.1. The van der Waals surface area contributed by atoms with Gasteiger partial charge in [-0.2, -0.15) is 13.2 Å². The van der Waals surface area contributed by atoms with Gasteiger partial charge in [-0.1, -0.05) is 17.7 Å². The summed E-state index contributed by atoms with van der Waals surface area (Å²) < 4.78 is 44.3. The Kier molecular flexibility index (Phi) is 9.16. The average molecular weight is 551 g/mol. The molecule has 2 aromatic rings. The lowest BCUT2D eigenvalue weighted by molar-refractivity contribution is -0.181. The van der Waals surface area contributed by atoms with Gasteiger partial charge in [0, 0.05) is 51.8 Å². The molecule has 6 nitrogen and oxygen atoms in total. The Hall–Kier alpha value is -1.82. The van der Waals surface area contributed by atoms with Gasteiger partial charge in [0.1, 0.15) is 12.3 Å². The molecule has 10 heteroatoms. The Labute approximate surface area is 197 Å². The van der Waals surface area contributed by atoms with E-state index in [1.165, 1.54) is 17.4 Å². The van der Waals surface area contributed by atoms with Crippen molar-refractivity contribution in [1.29, 1.82) is 0 Å². The third-order valence-corrected chi connectivity index (χ3v) is 5.36. The zero-order chi connectivity index (χ0) is 21.7. The van der Waals surface area contributed by atoms with Crippen molar-refractivity contribution in [3.63, 3.8) is 0 Å². The Bertz CT molecular complexity index is 845. The molecule has 0 amide bonds. The fourth-order valence-corrected chi connectivity index (χ4v) is 3.41. The summed E-state index contributed by atoms with van der Waals surface area (Å²) in [5.41, 5.74) is 2.94. The second-order valence-corrected chi connectivity index (χ2v) is 7.47. The second-order valence-electron chi connectivity index (χ2n) is 7.47. The number of nitrogens with one attached hydrogen (secondary N) is 1. The molecule has 0 aliphatic carbocycles. The maximum atomic E-state index is 12.9. The predicted molar refractivity (Wildman–Crippen MR) is 126 cm³/mol. The molecular weight excluding hydrogens is 522 g/mol. The topological polar surface area (TPSA) is 56.9 Å². The molecule has 1 fully saturated rings. The third-order valence-electron chi connectivity index (χ3n) is 5.36. The summed E-state index contributed by atoms with van der Waals surface area (Å²) in [6.45, 7) is 5.55. The largest absolute Gasteiger partial charge is 0.444 e. The molecular formula is C21H29F3IN5O. The van der Waals surface area contributed by atoms with Crippen molar-refractivity contribution in [2.75, 3.05) is 39.8 Å². The van der Waals surface area contributed by atoms with Gasteiger partial charge < -0.3 is 14.6 Å². The number of hydrogen-bond donors (Lipinski definition) is 1. The van der Waals surface area contributed by atoms with Crippen LogP contribution in [0.1, 0.15) is 18.2 Å². The smallest absolute Gasteiger partial charge is 0.403 e. The highest BCUT2D eigenvalue weighted by molar-refractivity contribution is 14.0. The molecule has 3 rings (SSSR count). The van der Waals surface area contributed by atoms with Crippen LogP contribution in [0.2, 0.25) is 0 Å². The van der Waals surface area contributed by atoms with Gasteiger partial charge in [-0.3, -0.25) is 9.89 Å². The van der Waals surface area contributed by atoms with E-state index in [2.05, 4.69) is 15.3 Å². The van der Waals surface area contributed by atoms with Gasteiger partial charge in [0.15, 0.2) is 5.96 Å². The number of aryl methyl sites for hydroxylation is 1. The van der Waals surface area contributed by atoms with E-state index in [0.29, 0.717) is 51.0 Å². The summed E-state index contributed by atoms with van der Waals surface area (Å²) in [6.07, 6.45) is -1.90. The highest BCUT2D eigenvalue weighted by Crippen LogP contribution is 2.25. The van der Waals surface area contributed by atoms with Crippen molar-refractivity contribution in [2.45, 2.75) is 32.5 Å². The van der Waals surface area contributed by atoms with E-state index in [4.69, 9.17) is 4.42 Å². The number of rotatable bonds is 5. The lowest BCUT2D eigenvalue weighted by Gasteiger charge is -2.39. The van der Waals surface area contributed by atoms with Gasteiger partial charge in [0.05, 0.1) is 5.69 Å². The number of benzene rings is 1. The molecule has 1 aliphatic rings. The number of nitrogens with zero attached hydrogens (tertiary/aromatic N) is 4. The molecule has 1 N–H and O–H groups in total. The maximum Gasteiger partial charge on any atom is 0.403 e. The van der Waals surface area contributed by atoms with Crippen LogP contribution in [-0.2, 0) is 6.42 Å². The Morgan fingerprint density at radius 3 is 2.42 bits per heavy atom. The third kappa shape index (κ3) is 6.83. The number of piperazine rings is 1. The Balaban J connectivity index is 0.00000341. The van der Waals surface area contributed by atoms with Crippen LogP contribution >= 0.6 is 24.0 Å².